The lowest BCUT2D eigenvalue weighted by Crippen LogP contribution is -2.58. The smallest absolute Gasteiger partial charge is 0.325 e. The third-order valence-corrected chi connectivity index (χ3v) is 4.35. The number of hydrogen-bond donors (Lipinski definition) is 7. The fraction of sp³-hybridized carbons (Fsp3) is 0.556. The molecule has 1 aromatic rings. The first-order valence-corrected chi connectivity index (χ1v) is 9.57. The Morgan fingerprint density at radius 2 is 1.71 bits per heavy atom. The highest BCUT2D eigenvalue weighted by molar-refractivity contribution is 5.96. The number of carbonyl (C=O) groups is 5. The maximum atomic E-state index is 12.7. The molecule has 0 fully saturated rings. The van der Waals surface area contributed by atoms with Crippen LogP contribution in [-0.2, 0) is 30.4 Å². The van der Waals surface area contributed by atoms with E-state index in [0.717, 1.165) is 0 Å². The van der Waals surface area contributed by atoms with Crippen LogP contribution in [0.1, 0.15) is 32.9 Å². The van der Waals surface area contributed by atoms with Crippen LogP contribution in [0.5, 0.6) is 0 Å². The van der Waals surface area contributed by atoms with Crippen molar-refractivity contribution < 1.29 is 29.1 Å². The summed E-state index contributed by atoms with van der Waals surface area (Å²) in [5.41, 5.74) is 11.6. The molecule has 0 bridgehead atoms. The van der Waals surface area contributed by atoms with Gasteiger partial charge in [0.05, 0.1) is 18.8 Å². The average molecular weight is 439 g/mol. The van der Waals surface area contributed by atoms with Gasteiger partial charge in [0.15, 0.2) is 0 Å². The molecule has 0 aromatic carbocycles. The van der Waals surface area contributed by atoms with Gasteiger partial charge in [-0.3, -0.25) is 24.0 Å². The van der Waals surface area contributed by atoms with E-state index in [4.69, 9.17) is 16.6 Å². The second kappa shape index (κ2) is 11.6. The number of amides is 4. The number of aromatic amines is 1. The highest BCUT2D eigenvalue weighted by atomic mass is 16.4. The number of hydrogen-bond acceptors (Lipinski definition) is 7. The molecule has 0 aliphatic rings. The number of nitrogens with one attached hydrogen (secondary N) is 4. The van der Waals surface area contributed by atoms with E-state index < -0.39 is 66.1 Å². The predicted octanol–water partition coefficient (Wildman–Crippen LogP) is -2.63. The third-order valence-electron chi connectivity index (χ3n) is 4.35. The van der Waals surface area contributed by atoms with Crippen molar-refractivity contribution in [2.24, 2.45) is 17.4 Å². The first-order chi connectivity index (χ1) is 14.4. The quantitative estimate of drug-likeness (QED) is 0.182. The van der Waals surface area contributed by atoms with Gasteiger partial charge in [-0.05, 0) is 12.8 Å². The number of imidazole rings is 1. The van der Waals surface area contributed by atoms with Crippen molar-refractivity contribution in [3.63, 3.8) is 0 Å². The number of aliphatic carboxylic acids is 1. The molecule has 13 heteroatoms. The largest absolute Gasteiger partial charge is 0.480 e. The van der Waals surface area contributed by atoms with Crippen molar-refractivity contribution in [1.82, 2.24) is 25.9 Å². The summed E-state index contributed by atoms with van der Waals surface area (Å²) in [6.07, 6.45) is 2.50. The van der Waals surface area contributed by atoms with Gasteiger partial charge >= 0.3 is 5.97 Å². The fourth-order valence-corrected chi connectivity index (χ4v) is 2.57. The molecule has 13 nitrogen and oxygen atoms in total. The topological polar surface area (TPSA) is 222 Å². The molecular weight excluding hydrogens is 410 g/mol. The number of carboxylic acid groups (broad SMARTS) is 1. The Morgan fingerprint density at radius 1 is 1.06 bits per heavy atom. The van der Waals surface area contributed by atoms with Crippen LogP contribution in [0.15, 0.2) is 12.5 Å². The van der Waals surface area contributed by atoms with Gasteiger partial charge in [-0.1, -0.05) is 13.8 Å². The van der Waals surface area contributed by atoms with Crippen molar-refractivity contribution in [1.29, 1.82) is 0 Å². The van der Waals surface area contributed by atoms with Gasteiger partial charge in [0, 0.05) is 18.3 Å². The van der Waals surface area contributed by atoms with Gasteiger partial charge in [-0.25, -0.2) is 4.98 Å². The molecule has 4 unspecified atom stereocenters. The molecule has 1 heterocycles. The molecule has 0 radical (unpaired) electrons. The molecule has 9 N–H and O–H groups in total. The van der Waals surface area contributed by atoms with E-state index in [2.05, 4.69) is 25.9 Å². The van der Waals surface area contributed by atoms with Crippen LogP contribution >= 0.6 is 0 Å². The zero-order valence-electron chi connectivity index (χ0n) is 17.5. The van der Waals surface area contributed by atoms with E-state index in [1.54, 1.807) is 13.8 Å². The van der Waals surface area contributed by atoms with Crippen LogP contribution in [0.3, 0.4) is 0 Å². The molecule has 4 amide bonds. The third kappa shape index (κ3) is 8.42. The summed E-state index contributed by atoms with van der Waals surface area (Å²) < 4.78 is 0. The minimum absolute atomic E-state index is 0.112. The summed E-state index contributed by atoms with van der Waals surface area (Å²) in [7, 11) is 0. The van der Waals surface area contributed by atoms with E-state index in [1.165, 1.54) is 19.4 Å². The summed E-state index contributed by atoms with van der Waals surface area (Å²) in [4.78, 5) is 66.5. The maximum absolute atomic E-state index is 12.7. The Balaban J connectivity index is 2.86. The SMILES string of the molecule is CC(NC(=O)C(NC(=O)C(CC(N)=O)NC(=O)C(N)Cc1cnc[nH]1)C(C)C)C(=O)O. The van der Waals surface area contributed by atoms with Crippen molar-refractivity contribution >= 4 is 29.6 Å². The summed E-state index contributed by atoms with van der Waals surface area (Å²) >= 11 is 0. The Kier molecular flexibility index (Phi) is 9.60. The van der Waals surface area contributed by atoms with Crippen molar-refractivity contribution in [2.75, 3.05) is 0 Å². The number of nitrogens with two attached hydrogens (primary N) is 2. The average Bonchev–Trinajstić information content (AvgIpc) is 3.17. The van der Waals surface area contributed by atoms with Gasteiger partial charge in [0.2, 0.25) is 23.6 Å². The number of carboxylic acids is 1. The van der Waals surface area contributed by atoms with E-state index in [1.807, 2.05) is 0 Å². The Morgan fingerprint density at radius 3 is 2.19 bits per heavy atom. The number of H-pyrrole nitrogens is 1. The summed E-state index contributed by atoms with van der Waals surface area (Å²) in [6, 6.07) is -4.69. The molecule has 0 aliphatic heterocycles. The van der Waals surface area contributed by atoms with Gasteiger partial charge in [-0.15, -0.1) is 0 Å². The Hall–Kier alpha value is -3.48. The molecule has 31 heavy (non-hydrogen) atoms. The molecule has 0 aliphatic carbocycles. The highest BCUT2D eigenvalue weighted by Crippen LogP contribution is 2.05. The first kappa shape index (κ1) is 25.6. The lowest BCUT2D eigenvalue weighted by atomic mass is 10.0. The summed E-state index contributed by atoms with van der Waals surface area (Å²) in [5.74, 6) is -4.78. The monoisotopic (exact) mass is 439 g/mol. The molecule has 1 rings (SSSR count). The molecule has 1 aromatic heterocycles. The zero-order chi connectivity index (χ0) is 23.7. The van der Waals surface area contributed by atoms with Crippen LogP contribution in [0.4, 0.5) is 0 Å². The van der Waals surface area contributed by atoms with Gasteiger partial charge < -0.3 is 37.5 Å². The second-order valence-electron chi connectivity index (χ2n) is 7.42. The number of rotatable bonds is 12. The number of aromatic nitrogens is 2. The van der Waals surface area contributed by atoms with Crippen LogP contribution in [-0.4, -0.2) is 68.8 Å². The maximum Gasteiger partial charge on any atom is 0.325 e. The minimum Gasteiger partial charge on any atom is -0.480 e. The standard InChI is InChI=1S/C18H29N7O6/c1-8(2)14(17(29)23-9(3)18(30)31)25-16(28)12(5-13(20)26)24-15(27)11(19)4-10-6-21-7-22-10/h6-9,11-12,14H,4-5,19H2,1-3H3,(H2,20,26)(H,21,22)(H,23,29)(H,24,27)(H,25,28)(H,30,31). The summed E-state index contributed by atoms with van der Waals surface area (Å²) in [5, 5.41) is 16.0. The van der Waals surface area contributed by atoms with E-state index in [0.29, 0.717) is 5.69 Å². The highest BCUT2D eigenvalue weighted by Gasteiger charge is 2.31. The fourth-order valence-electron chi connectivity index (χ4n) is 2.57. The van der Waals surface area contributed by atoms with E-state index in [9.17, 15) is 24.0 Å². The van der Waals surface area contributed by atoms with Crippen molar-refractivity contribution in [2.45, 2.75) is 57.8 Å². The molecule has 0 saturated carbocycles. The van der Waals surface area contributed by atoms with Crippen LogP contribution < -0.4 is 27.4 Å². The first-order valence-electron chi connectivity index (χ1n) is 9.57. The second-order valence-corrected chi connectivity index (χ2v) is 7.42. The molecule has 4 atom stereocenters. The van der Waals surface area contributed by atoms with Crippen LogP contribution in [0.2, 0.25) is 0 Å². The van der Waals surface area contributed by atoms with Crippen LogP contribution in [0.25, 0.3) is 0 Å². The lowest BCUT2D eigenvalue weighted by molar-refractivity contribution is -0.142. The predicted molar refractivity (Wildman–Crippen MR) is 108 cm³/mol. The van der Waals surface area contributed by atoms with Gasteiger partial charge in [-0.2, -0.15) is 0 Å². The van der Waals surface area contributed by atoms with E-state index >= 15 is 0 Å². The summed E-state index contributed by atoms with van der Waals surface area (Å²) in [6.45, 7) is 4.55. The molecular formula is C18H29N7O6. The molecule has 0 spiro atoms. The number of primary amides is 1. The number of nitrogens with zero attached hydrogens (tertiary/aromatic N) is 1. The number of carbonyl (C=O) groups excluding carboxylic acids is 4. The van der Waals surface area contributed by atoms with Crippen LogP contribution in [0, 0.1) is 5.92 Å². The van der Waals surface area contributed by atoms with Gasteiger partial charge in [0.1, 0.15) is 18.1 Å². The zero-order valence-corrected chi connectivity index (χ0v) is 17.5. The Labute approximate surface area is 178 Å². The van der Waals surface area contributed by atoms with E-state index in [-0.39, 0.29) is 6.42 Å². The van der Waals surface area contributed by atoms with Crippen molar-refractivity contribution in [3.8, 4) is 0 Å². The normalized spacial score (nSPS) is 14.7. The van der Waals surface area contributed by atoms with Gasteiger partial charge in [0.25, 0.3) is 0 Å². The lowest BCUT2D eigenvalue weighted by Gasteiger charge is -2.26. The molecule has 172 valence electrons. The molecule has 0 saturated heterocycles. The Bertz CT molecular complexity index is 795. The minimum atomic E-state index is -1.37. The van der Waals surface area contributed by atoms with Crippen molar-refractivity contribution in [3.05, 3.63) is 18.2 Å².